The summed E-state index contributed by atoms with van der Waals surface area (Å²) in [7, 11) is 0. The molecule has 6 heteroatoms. The smallest absolute Gasteiger partial charge is 0.321 e. The molecule has 0 radical (unpaired) electrons. The Morgan fingerprint density at radius 1 is 1.07 bits per heavy atom. The van der Waals surface area contributed by atoms with E-state index in [1.807, 2.05) is 36.1 Å². The van der Waals surface area contributed by atoms with E-state index in [9.17, 15) is 9.59 Å². The molecule has 2 aliphatic rings. The molecule has 27 heavy (non-hydrogen) atoms. The first-order valence-electron chi connectivity index (χ1n) is 10.3. The van der Waals surface area contributed by atoms with Crippen molar-refractivity contribution in [3.8, 4) is 5.75 Å². The summed E-state index contributed by atoms with van der Waals surface area (Å²) in [6, 6.07) is 7.54. The predicted octanol–water partition coefficient (Wildman–Crippen LogP) is 3.78. The zero-order valence-electron chi connectivity index (χ0n) is 16.2. The van der Waals surface area contributed by atoms with Gasteiger partial charge < -0.3 is 20.3 Å². The van der Waals surface area contributed by atoms with Gasteiger partial charge in [-0.15, -0.1) is 0 Å². The van der Waals surface area contributed by atoms with E-state index in [1.165, 1.54) is 19.3 Å². The third-order valence-corrected chi connectivity index (χ3v) is 5.53. The molecular weight excluding hydrogens is 342 g/mol. The number of amides is 3. The van der Waals surface area contributed by atoms with Gasteiger partial charge in [0.25, 0.3) is 0 Å². The number of nitrogens with one attached hydrogen (secondary N) is 2. The van der Waals surface area contributed by atoms with Crippen LogP contribution in [0.4, 0.5) is 10.5 Å². The SMILES string of the molecule is CCOc1ccccc1NC(=O)N1CCC(NC(=O)C2CCCCC2)CC1. The van der Waals surface area contributed by atoms with Gasteiger partial charge in [-0.05, 0) is 44.7 Å². The number of carbonyl (C=O) groups is 2. The number of ether oxygens (including phenoxy) is 1. The molecule has 0 aromatic heterocycles. The second-order valence-corrected chi connectivity index (χ2v) is 7.46. The second kappa shape index (κ2) is 9.62. The van der Waals surface area contributed by atoms with Gasteiger partial charge in [-0.2, -0.15) is 0 Å². The van der Waals surface area contributed by atoms with Crippen LogP contribution in [0.2, 0.25) is 0 Å². The van der Waals surface area contributed by atoms with E-state index in [4.69, 9.17) is 4.74 Å². The van der Waals surface area contributed by atoms with Gasteiger partial charge in [0.05, 0.1) is 12.3 Å². The molecule has 1 aliphatic heterocycles. The Hall–Kier alpha value is -2.24. The zero-order valence-corrected chi connectivity index (χ0v) is 16.2. The lowest BCUT2D eigenvalue weighted by Crippen LogP contribution is -2.49. The summed E-state index contributed by atoms with van der Waals surface area (Å²) in [5, 5.41) is 6.15. The number of benzene rings is 1. The van der Waals surface area contributed by atoms with Crippen molar-refractivity contribution in [3.05, 3.63) is 24.3 Å². The largest absolute Gasteiger partial charge is 0.492 e. The Bertz CT molecular complexity index is 635. The highest BCUT2D eigenvalue weighted by Crippen LogP contribution is 2.26. The number of likely N-dealkylation sites (tertiary alicyclic amines) is 1. The van der Waals surface area contributed by atoms with Gasteiger partial charge in [-0.25, -0.2) is 4.79 Å². The number of urea groups is 1. The first kappa shape index (κ1) is 19.5. The first-order valence-corrected chi connectivity index (χ1v) is 10.3. The molecule has 2 N–H and O–H groups in total. The van der Waals surface area contributed by atoms with E-state index >= 15 is 0 Å². The average Bonchev–Trinajstić information content (AvgIpc) is 2.71. The minimum atomic E-state index is -0.112. The van der Waals surface area contributed by atoms with E-state index in [0.29, 0.717) is 31.1 Å². The van der Waals surface area contributed by atoms with Gasteiger partial charge in [-0.1, -0.05) is 31.4 Å². The van der Waals surface area contributed by atoms with E-state index in [0.717, 1.165) is 25.7 Å². The molecule has 0 bridgehead atoms. The lowest BCUT2D eigenvalue weighted by Gasteiger charge is -2.33. The molecule has 1 heterocycles. The third-order valence-electron chi connectivity index (χ3n) is 5.53. The van der Waals surface area contributed by atoms with E-state index in [-0.39, 0.29) is 23.9 Å². The molecule has 0 unspecified atom stereocenters. The van der Waals surface area contributed by atoms with Crippen molar-refractivity contribution >= 4 is 17.6 Å². The zero-order chi connectivity index (χ0) is 19.1. The molecule has 6 nitrogen and oxygen atoms in total. The van der Waals surface area contributed by atoms with Crippen LogP contribution in [-0.2, 0) is 4.79 Å². The summed E-state index contributed by atoms with van der Waals surface area (Å²) >= 11 is 0. The summed E-state index contributed by atoms with van der Waals surface area (Å²) in [5.41, 5.74) is 0.692. The topological polar surface area (TPSA) is 70.7 Å². The maximum atomic E-state index is 12.6. The summed E-state index contributed by atoms with van der Waals surface area (Å²) in [5.74, 6) is 1.08. The summed E-state index contributed by atoms with van der Waals surface area (Å²) < 4.78 is 5.56. The fraction of sp³-hybridized carbons (Fsp3) is 0.619. The monoisotopic (exact) mass is 373 g/mol. The highest BCUT2D eigenvalue weighted by molar-refractivity contribution is 5.91. The van der Waals surface area contributed by atoms with Gasteiger partial charge in [0.15, 0.2) is 0 Å². The van der Waals surface area contributed by atoms with Crippen molar-refractivity contribution in [2.24, 2.45) is 5.92 Å². The number of hydrogen-bond acceptors (Lipinski definition) is 3. The van der Waals surface area contributed by atoms with Gasteiger partial charge in [0.1, 0.15) is 5.75 Å². The van der Waals surface area contributed by atoms with Gasteiger partial charge in [-0.3, -0.25) is 4.79 Å². The Morgan fingerprint density at radius 2 is 1.78 bits per heavy atom. The minimum absolute atomic E-state index is 0.112. The Balaban J connectivity index is 1.46. The van der Waals surface area contributed by atoms with Crippen molar-refractivity contribution in [2.45, 2.75) is 57.9 Å². The number of rotatable bonds is 5. The van der Waals surface area contributed by atoms with Crippen LogP contribution in [0.25, 0.3) is 0 Å². The molecule has 1 saturated carbocycles. The Kier molecular flexibility index (Phi) is 6.96. The lowest BCUT2D eigenvalue weighted by atomic mass is 9.88. The fourth-order valence-electron chi connectivity index (χ4n) is 3.96. The molecule has 3 rings (SSSR count). The number of hydrogen-bond donors (Lipinski definition) is 2. The number of para-hydroxylation sites is 2. The third kappa shape index (κ3) is 5.37. The van der Waals surface area contributed by atoms with E-state index in [1.54, 1.807) is 0 Å². The molecule has 1 aromatic rings. The van der Waals surface area contributed by atoms with Gasteiger partial charge in [0.2, 0.25) is 5.91 Å². The van der Waals surface area contributed by atoms with Crippen molar-refractivity contribution in [2.75, 3.05) is 25.0 Å². The number of carbonyl (C=O) groups excluding carboxylic acids is 2. The van der Waals surface area contributed by atoms with Crippen LogP contribution < -0.4 is 15.4 Å². The fourth-order valence-corrected chi connectivity index (χ4v) is 3.96. The van der Waals surface area contributed by atoms with Gasteiger partial charge >= 0.3 is 6.03 Å². The van der Waals surface area contributed by atoms with Crippen LogP contribution in [0.3, 0.4) is 0 Å². The summed E-state index contributed by atoms with van der Waals surface area (Å²) in [4.78, 5) is 26.8. The van der Waals surface area contributed by atoms with Gasteiger partial charge in [0, 0.05) is 25.0 Å². The first-order chi connectivity index (χ1) is 13.2. The maximum absolute atomic E-state index is 12.6. The standard InChI is InChI=1S/C21H31N3O3/c1-2-27-19-11-7-6-10-18(19)23-21(26)24-14-12-17(13-15-24)22-20(25)16-8-4-3-5-9-16/h6-7,10-11,16-17H,2-5,8-9,12-15H2,1H3,(H,22,25)(H,23,26). The normalized spacial score (nSPS) is 18.8. The van der Waals surface area contributed by atoms with Crippen LogP contribution >= 0.6 is 0 Å². The van der Waals surface area contributed by atoms with Crippen LogP contribution in [-0.4, -0.2) is 42.6 Å². The molecule has 148 valence electrons. The highest BCUT2D eigenvalue weighted by atomic mass is 16.5. The van der Waals surface area contributed by atoms with Crippen LogP contribution in [0, 0.1) is 5.92 Å². The minimum Gasteiger partial charge on any atom is -0.492 e. The van der Waals surface area contributed by atoms with Crippen molar-refractivity contribution in [1.29, 1.82) is 0 Å². The quantitative estimate of drug-likeness (QED) is 0.825. The average molecular weight is 373 g/mol. The van der Waals surface area contributed by atoms with Crippen LogP contribution in [0.5, 0.6) is 5.75 Å². The predicted molar refractivity (Wildman–Crippen MR) is 106 cm³/mol. The summed E-state index contributed by atoms with van der Waals surface area (Å²) in [6.07, 6.45) is 7.24. The van der Waals surface area contributed by atoms with E-state index < -0.39 is 0 Å². The van der Waals surface area contributed by atoms with Crippen molar-refractivity contribution in [3.63, 3.8) is 0 Å². The molecule has 1 saturated heterocycles. The Morgan fingerprint density at radius 3 is 2.48 bits per heavy atom. The van der Waals surface area contributed by atoms with E-state index in [2.05, 4.69) is 10.6 Å². The maximum Gasteiger partial charge on any atom is 0.321 e. The van der Waals surface area contributed by atoms with Crippen molar-refractivity contribution in [1.82, 2.24) is 10.2 Å². The number of nitrogens with zero attached hydrogens (tertiary/aromatic N) is 1. The second-order valence-electron chi connectivity index (χ2n) is 7.46. The van der Waals surface area contributed by atoms with Crippen molar-refractivity contribution < 1.29 is 14.3 Å². The molecule has 2 fully saturated rings. The highest BCUT2D eigenvalue weighted by Gasteiger charge is 2.27. The lowest BCUT2D eigenvalue weighted by molar-refractivity contribution is -0.126. The summed E-state index contributed by atoms with van der Waals surface area (Å²) in [6.45, 7) is 3.78. The van der Waals surface area contributed by atoms with Crippen LogP contribution in [0.15, 0.2) is 24.3 Å². The number of anilines is 1. The number of piperidine rings is 1. The van der Waals surface area contributed by atoms with Crippen LogP contribution in [0.1, 0.15) is 51.9 Å². The molecule has 3 amide bonds. The molecule has 0 atom stereocenters. The molecule has 0 spiro atoms. The molecular formula is C21H31N3O3. The Labute approximate surface area is 161 Å². The molecule has 1 aromatic carbocycles. The molecule has 1 aliphatic carbocycles.